The molecule has 0 aliphatic heterocycles. The average Bonchev–Trinajstić information content (AvgIpc) is 2.60. The van der Waals surface area contributed by atoms with Gasteiger partial charge in [-0.3, -0.25) is 4.90 Å². The molecular formula is C21H33NO2. The predicted molar refractivity (Wildman–Crippen MR) is 98.1 cm³/mol. The van der Waals surface area contributed by atoms with Crippen LogP contribution in [0.15, 0.2) is 30.3 Å². The number of aliphatic hydroxyl groups is 2. The van der Waals surface area contributed by atoms with Gasteiger partial charge in [0, 0.05) is 17.5 Å². The van der Waals surface area contributed by atoms with Crippen molar-refractivity contribution in [1.29, 1.82) is 0 Å². The van der Waals surface area contributed by atoms with E-state index in [0.717, 1.165) is 51.6 Å². The molecule has 0 radical (unpaired) electrons. The lowest BCUT2D eigenvalue weighted by molar-refractivity contribution is -0.103. The third-order valence-corrected chi connectivity index (χ3v) is 6.65. The number of rotatable bonds is 7. The van der Waals surface area contributed by atoms with Gasteiger partial charge in [0.15, 0.2) is 0 Å². The number of hydrogen-bond acceptors (Lipinski definition) is 3. The minimum atomic E-state index is -0.275. The van der Waals surface area contributed by atoms with E-state index in [-0.39, 0.29) is 23.7 Å². The molecule has 3 nitrogen and oxygen atoms in total. The van der Waals surface area contributed by atoms with Crippen molar-refractivity contribution in [3.05, 3.63) is 35.9 Å². The fraction of sp³-hybridized carbons (Fsp3) is 0.714. The van der Waals surface area contributed by atoms with Crippen molar-refractivity contribution in [2.45, 2.75) is 69.4 Å². The Morgan fingerprint density at radius 2 is 1.75 bits per heavy atom. The maximum Gasteiger partial charge on any atom is 0.0654 e. The maximum absolute atomic E-state index is 11.1. The summed E-state index contributed by atoms with van der Waals surface area (Å²) < 4.78 is 0. The molecule has 2 N–H and O–H groups in total. The van der Waals surface area contributed by atoms with Crippen LogP contribution in [0.25, 0.3) is 0 Å². The quantitative estimate of drug-likeness (QED) is 0.805. The lowest BCUT2D eigenvalue weighted by Crippen LogP contribution is -2.64. The van der Waals surface area contributed by atoms with Crippen molar-refractivity contribution in [3.8, 4) is 0 Å². The molecule has 24 heavy (non-hydrogen) atoms. The average molecular weight is 332 g/mol. The van der Waals surface area contributed by atoms with Gasteiger partial charge in [0.2, 0.25) is 0 Å². The Labute approximate surface area is 146 Å². The van der Waals surface area contributed by atoms with Crippen LogP contribution in [0.5, 0.6) is 0 Å². The van der Waals surface area contributed by atoms with Crippen molar-refractivity contribution in [3.63, 3.8) is 0 Å². The van der Waals surface area contributed by atoms with E-state index in [9.17, 15) is 10.2 Å². The Morgan fingerprint density at radius 3 is 2.29 bits per heavy atom. The summed E-state index contributed by atoms with van der Waals surface area (Å²) in [5.74, 6) is 0.670. The van der Waals surface area contributed by atoms with Crippen LogP contribution < -0.4 is 0 Å². The molecule has 0 amide bonds. The van der Waals surface area contributed by atoms with Gasteiger partial charge in [-0.15, -0.1) is 0 Å². The smallest absolute Gasteiger partial charge is 0.0654 e. The molecule has 0 heterocycles. The Bertz CT molecular complexity index is 520. The topological polar surface area (TPSA) is 43.7 Å². The molecule has 3 heteroatoms. The standard InChI is InChI=1S/C21H33NO2/c1-17(2)8-13-22(14-15-23)20-9-11-21(12-10-20,19(24)16-20)18-6-4-3-5-7-18/h3-7,17,19,23-24H,8-16H2,1-2H3/t19-,20?,21?/m1/s1. The first-order valence-corrected chi connectivity index (χ1v) is 9.62. The highest BCUT2D eigenvalue weighted by Crippen LogP contribution is 2.55. The normalized spacial score (nSPS) is 32.7. The molecule has 3 saturated carbocycles. The van der Waals surface area contributed by atoms with E-state index in [1.54, 1.807) is 0 Å². The molecule has 0 saturated heterocycles. The second-order valence-corrected chi connectivity index (χ2v) is 8.36. The number of hydrogen-bond donors (Lipinski definition) is 2. The van der Waals surface area contributed by atoms with Crippen molar-refractivity contribution in [1.82, 2.24) is 4.90 Å². The van der Waals surface area contributed by atoms with E-state index in [1.165, 1.54) is 5.56 Å². The summed E-state index contributed by atoms with van der Waals surface area (Å²) in [7, 11) is 0. The molecule has 3 fully saturated rings. The lowest BCUT2D eigenvalue weighted by Gasteiger charge is -2.60. The van der Waals surface area contributed by atoms with Gasteiger partial charge in [-0.2, -0.15) is 0 Å². The van der Waals surface area contributed by atoms with Gasteiger partial charge in [-0.05, 0) is 56.6 Å². The molecular weight excluding hydrogens is 298 g/mol. The summed E-state index contributed by atoms with van der Waals surface area (Å²) >= 11 is 0. The summed E-state index contributed by atoms with van der Waals surface area (Å²) in [6.07, 6.45) is 6.11. The molecule has 1 atom stereocenters. The molecule has 4 rings (SSSR count). The highest BCUT2D eigenvalue weighted by molar-refractivity contribution is 5.31. The van der Waals surface area contributed by atoms with Gasteiger partial charge >= 0.3 is 0 Å². The molecule has 0 aromatic heterocycles. The van der Waals surface area contributed by atoms with E-state index in [4.69, 9.17) is 0 Å². The Morgan fingerprint density at radius 1 is 1.08 bits per heavy atom. The fourth-order valence-electron chi connectivity index (χ4n) is 5.07. The molecule has 2 bridgehead atoms. The van der Waals surface area contributed by atoms with Gasteiger partial charge in [0.25, 0.3) is 0 Å². The van der Waals surface area contributed by atoms with Crippen LogP contribution in [0.4, 0.5) is 0 Å². The molecule has 3 aliphatic carbocycles. The fourth-order valence-corrected chi connectivity index (χ4v) is 5.07. The van der Waals surface area contributed by atoms with Crippen LogP contribution in [-0.4, -0.2) is 46.5 Å². The van der Waals surface area contributed by atoms with Crippen LogP contribution in [0.1, 0.15) is 57.9 Å². The Balaban J connectivity index is 1.79. The number of β-amino-alcohol motifs (C(OH)–C–C–N with tert-alkyl or cyclic N) is 1. The third-order valence-electron chi connectivity index (χ3n) is 6.65. The van der Waals surface area contributed by atoms with Gasteiger partial charge in [-0.1, -0.05) is 44.2 Å². The molecule has 0 spiro atoms. The van der Waals surface area contributed by atoms with Crippen molar-refractivity contribution in [2.75, 3.05) is 19.7 Å². The van der Waals surface area contributed by atoms with Crippen LogP contribution in [0, 0.1) is 5.92 Å². The van der Waals surface area contributed by atoms with E-state index in [2.05, 4.69) is 49.1 Å². The molecule has 0 unspecified atom stereocenters. The van der Waals surface area contributed by atoms with E-state index < -0.39 is 0 Å². The number of benzene rings is 1. The van der Waals surface area contributed by atoms with E-state index in [0.29, 0.717) is 5.92 Å². The van der Waals surface area contributed by atoms with Gasteiger partial charge in [0.1, 0.15) is 0 Å². The summed E-state index contributed by atoms with van der Waals surface area (Å²) in [4.78, 5) is 2.49. The van der Waals surface area contributed by atoms with E-state index in [1.807, 2.05) is 0 Å². The summed E-state index contributed by atoms with van der Waals surface area (Å²) in [5.41, 5.74) is 1.35. The van der Waals surface area contributed by atoms with Crippen molar-refractivity contribution in [2.24, 2.45) is 5.92 Å². The first-order chi connectivity index (χ1) is 11.5. The van der Waals surface area contributed by atoms with Crippen LogP contribution in [0.2, 0.25) is 0 Å². The summed E-state index contributed by atoms with van der Waals surface area (Å²) in [6.45, 7) is 6.48. The van der Waals surface area contributed by atoms with Crippen molar-refractivity contribution < 1.29 is 10.2 Å². The molecule has 1 aromatic rings. The minimum absolute atomic E-state index is 0.0497. The monoisotopic (exact) mass is 331 g/mol. The zero-order valence-corrected chi connectivity index (χ0v) is 15.2. The van der Waals surface area contributed by atoms with Gasteiger partial charge in [0.05, 0.1) is 12.7 Å². The Hall–Kier alpha value is -0.900. The first-order valence-electron chi connectivity index (χ1n) is 9.62. The Kier molecular flexibility index (Phi) is 5.33. The second-order valence-electron chi connectivity index (χ2n) is 8.36. The number of aliphatic hydroxyl groups excluding tert-OH is 2. The lowest BCUT2D eigenvalue weighted by atomic mass is 9.53. The minimum Gasteiger partial charge on any atom is -0.395 e. The first kappa shape index (κ1) is 17.9. The maximum atomic E-state index is 11.1. The number of fused-ring (bicyclic) bond motifs is 3. The van der Waals surface area contributed by atoms with Gasteiger partial charge < -0.3 is 10.2 Å². The predicted octanol–water partition coefficient (Wildman–Crippen LogP) is 3.34. The number of nitrogens with zero attached hydrogens (tertiary/aromatic N) is 1. The van der Waals surface area contributed by atoms with Crippen molar-refractivity contribution >= 4 is 0 Å². The zero-order valence-electron chi connectivity index (χ0n) is 15.2. The third kappa shape index (κ3) is 3.14. The van der Waals surface area contributed by atoms with Crippen LogP contribution in [-0.2, 0) is 5.41 Å². The second kappa shape index (κ2) is 7.15. The van der Waals surface area contributed by atoms with Gasteiger partial charge in [-0.25, -0.2) is 0 Å². The SMILES string of the molecule is CC(C)CCN(CCO)C12CCC(c3ccccc3)(CC1)[C@H](O)C2. The highest BCUT2D eigenvalue weighted by atomic mass is 16.3. The van der Waals surface area contributed by atoms with Crippen LogP contribution >= 0.6 is 0 Å². The molecule has 1 aromatic carbocycles. The summed E-state index contributed by atoms with van der Waals surface area (Å²) in [6, 6.07) is 10.6. The molecule has 134 valence electrons. The largest absolute Gasteiger partial charge is 0.395 e. The van der Waals surface area contributed by atoms with E-state index >= 15 is 0 Å². The van der Waals surface area contributed by atoms with Crippen LogP contribution in [0.3, 0.4) is 0 Å². The molecule has 3 aliphatic rings. The summed E-state index contributed by atoms with van der Waals surface area (Å²) in [5, 5.41) is 20.6. The highest BCUT2D eigenvalue weighted by Gasteiger charge is 2.56. The zero-order chi connectivity index (χ0) is 17.2.